The standard InChI is InChI=1S/C11H4Br2Cl2OS/c12-6-1-5(2-7(14)3-6)10(16)9-4-8(15)11(13)17-9/h1-4H. The van der Waals surface area contributed by atoms with E-state index in [1.54, 1.807) is 24.3 Å². The molecule has 0 N–H and O–H groups in total. The van der Waals surface area contributed by atoms with Crippen molar-refractivity contribution in [3.05, 3.63) is 53.0 Å². The smallest absolute Gasteiger partial charge is 0.203 e. The van der Waals surface area contributed by atoms with Gasteiger partial charge in [0, 0.05) is 15.1 Å². The second kappa shape index (κ2) is 5.41. The molecule has 0 aliphatic heterocycles. The molecule has 1 nitrogen and oxygen atoms in total. The third-order valence-electron chi connectivity index (χ3n) is 1.99. The van der Waals surface area contributed by atoms with Gasteiger partial charge in [-0.2, -0.15) is 0 Å². The van der Waals surface area contributed by atoms with E-state index in [0.717, 1.165) is 8.26 Å². The van der Waals surface area contributed by atoms with Crippen molar-refractivity contribution in [1.29, 1.82) is 0 Å². The Bertz CT molecular complexity index is 555. The summed E-state index contributed by atoms with van der Waals surface area (Å²) in [6, 6.07) is 6.75. The van der Waals surface area contributed by atoms with Crippen LogP contribution >= 0.6 is 66.4 Å². The summed E-state index contributed by atoms with van der Waals surface area (Å²) < 4.78 is 1.53. The SMILES string of the molecule is O=C(c1cc(Cl)cc(Br)c1)c1cc(Cl)c(Br)s1. The molecule has 17 heavy (non-hydrogen) atoms. The van der Waals surface area contributed by atoms with E-state index in [1.807, 2.05) is 0 Å². The molecule has 0 radical (unpaired) electrons. The van der Waals surface area contributed by atoms with E-state index in [4.69, 9.17) is 23.2 Å². The van der Waals surface area contributed by atoms with Crippen LogP contribution < -0.4 is 0 Å². The lowest BCUT2D eigenvalue weighted by atomic mass is 10.1. The summed E-state index contributed by atoms with van der Waals surface area (Å²) in [6.07, 6.45) is 0. The zero-order valence-corrected chi connectivity index (χ0v) is 13.6. The largest absolute Gasteiger partial charge is 0.288 e. The Morgan fingerprint density at radius 1 is 1.12 bits per heavy atom. The third kappa shape index (κ3) is 3.12. The summed E-state index contributed by atoms with van der Waals surface area (Å²) in [4.78, 5) is 12.7. The van der Waals surface area contributed by atoms with E-state index in [2.05, 4.69) is 31.9 Å². The average molecular weight is 415 g/mol. The fraction of sp³-hybridized carbons (Fsp3) is 0. The van der Waals surface area contributed by atoms with E-state index >= 15 is 0 Å². The molecular formula is C11H4Br2Cl2OS. The first-order valence-corrected chi connectivity index (χ1v) is 7.59. The Hall–Kier alpha value is 0.130. The zero-order valence-electron chi connectivity index (χ0n) is 8.14. The number of halogens is 4. The summed E-state index contributed by atoms with van der Waals surface area (Å²) in [5, 5.41) is 1.06. The highest BCUT2D eigenvalue weighted by Gasteiger charge is 2.15. The Morgan fingerprint density at radius 3 is 2.35 bits per heavy atom. The predicted octanol–water partition coefficient (Wildman–Crippen LogP) is 5.81. The fourth-order valence-electron chi connectivity index (χ4n) is 1.29. The summed E-state index contributed by atoms with van der Waals surface area (Å²) in [5.74, 6) is -0.0919. The molecule has 2 rings (SSSR count). The van der Waals surface area contributed by atoms with Crippen molar-refractivity contribution in [2.75, 3.05) is 0 Å². The van der Waals surface area contributed by atoms with E-state index in [9.17, 15) is 4.79 Å². The predicted molar refractivity (Wildman–Crippen MR) is 79.6 cm³/mol. The van der Waals surface area contributed by atoms with Crippen molar-refractivity contribution < 1.29 is 4.79 Å². The maximum Gasteiger partial charge on any atom is 0.203 e. The van der Waals surface area contributed by atoms with Crippen molar-refractivity contribution in [1.82, 2.24) is 0 Å². The van der Waals surface area contributed by atoms with Gasteiger partial charge in [0.25, 0.3) is 0 Å². The molecule has 0 atom stereocenters. The minimum Gasteiger partial charge on any atom is -0.288 e. The first kappa shape index (κ1) is 13.6. The molecule has 2 aromatic rings. The van der Waals surface area contributed by atoms with Crippen molar-refractivity contribution >= 4 is 72.2 Å². The van der Waals surface area contributed by atoms with Gasteiger partial charge in [-0.1, -0.05) is 39.1 Å². The molecular weight excluding hydrogens is 411 g/mol. The lowest BCUT2D eigenvalue weighted by Crippen LogP contribution is -1.98. The van der Waals surface area contributed by atoms with Crippen LogP contribution in [0, 0.1) is 0 Å². The number of carbonyl (C=O) groups excluding carboxylic acids is 1. The number of ketones is 1. The second-order valence-electron chi connectivity index (χ2n) is 3.22. The van der Waals surface area contributed by atoms with Gasteiger partial charge in [-0.15, -0.1) is 11.3 Å². The topological polar surface area (TPSA) is 17.1 Å². The van der Waals surface area contributed by atoms with Gasteiger partial charge < -0.3 is 0 Å². The van der Waals surface area contributed by atoms with Crippen molar-refractivity contribution in [2.45, 2.75) is 0 Å². The average Bonchev–Trinajstić information content (AvgIpc) is 2.57. The monoisotopic (exact) mass is 412 g/mol. The van der Waals surface area contributed by atoms with Gasteiger partial charge in [-0.05, 0) is 40.2 Å². The highest BCUT2D eigenvalue weighted by atomic mass is 79.9. The fourth-order valence-corrected chi connectivity index (χ4v) is 3.81. The zero-order chi connectivity index (χ0) is 12.6. The molecule has 0 amide bonds. The van der Waals surface area contributed by atoms with Crippen LogP contribution in [0.1, 0.15) is 15.2 Å². The van der Waals surface area contributed by atoms with Crippen LogP contribution in [0.2, 0.25) is 10.0 Å². The molecule has 0 bridgehead atoms. The summed E-state index contributed by atoms with van der Waals surface area (Å²) in [5.41, 5.74) is 0.537. The minimum absolute atomic E-state index is 0.0919. The lowest BCUT2D eigenvalue weighted by Gasteiger charge is -2.00. The van der Waals surface area contributed by atoms with Crippen LogP contribution in [0.3, 0.4) is 0 Å². The van der Waals surface area contributed by atoms with Gasteiger partial charge in [0.2, 0.25) is 5.78 Å². The maximum atomic E-state index is 12.2. The van der Waals surface area contributed by atoms with Crippen molar-refractivity contribution in [3.8, 4) is 0 Å². The molecule has 0 saturated heterocycles. The van der Waals surface area contributed by atoms with Crippen molar-refractivity contribution in [2.24, 2.45) is 0 Å². The van der Waals surface area contributed by atoms with Gasteiger partial charge in [0.05, 0.1) is 13.7 Å². The number of hydrogen-bond donors (Lipinski definition) is 0. The molecule has 88 valence electrons. The van der Waals surface area contributed by atoms with Crippen LogP contribution in [0.15, 0.2) is 32.5 Å². The second-order valence-corrected chi connectivity index (χ2v) is 7.35. The Morgan fingerprint density at radius 2 is 1.82 bits per heavy atom. The molecule has 0 saturated carbocycles. The molecule has 6 heteroatoms. The Labute approximate surface area is 129 Å². The third-order valence-corrected chi connectivity index (χ3v) is 5.14. The van der Waals surface area contributed by atoms with Gasteiger partial charge in [-0.25, -0.2) is 0 Å². The molecule has 1 aromatic carbocycles. The number of thiophene rings is 1. The summed E-state index contributed by atoms with van der Waals surface area (Å²) in [6.45, 7) is 0. The van der Waals surface area contributed by atoms with E-state index < -0.39 is 0 Å². The number of carbonyl (C=O) groups is 1. The van der Waals surface area contributed by atoms with Gasteiger partial charge in [-0.3, -0.25) is 4.79 Å². The first-order chi connectivity index (χ1) is 7.97. The van der Waals surface area contributed by atoms with E-state index in [1.165, 1.54) is 11.3 Å². The van der Waals surface area contributed by atoms with Gasteiger partial charge in [0.15, 0.2) is 0 Å². The number of hydrogen-bond acceptors (Lipinski definition) is 2. The first-order valence-electron chi connectivity index (χ1n) is 4.43. The van der Waals surface area contributed by atoms with Gasteiger partial charge >= 0.3 is 0 Å². The molecule has 0 unspecified atom stereocenters. The van der Waals surface area contributed by atoms with Crippen LogP contribution in [0.5, 0.6) is 0 Å². The molecule has 1 aromatic heterocycles. The summed E-state index contributed by atoms with van der Waals surface area (Å²) >= 11 is 19.7. The molecule has 1 heterocycles. The summed E-state index contributed by atoms with van der Waals surface area (Å²) in [7, 11) is 0. The number of benzene rings is 1. The van der Waals surface area contributed by atoms with Crippen LogP contribution in [-0.2, 0) is 0 Å². The van der Waals surface area contributed by atoms with Crippen molar-refractivity contribution in [3.63, 3.8) is 0 Å². The Balaban J connectivity index is 2.43. The highest BCUT2D eigenvalue weighted by Crippen LogP contribution is 2.33. The van der Waals surface area contributed by atoms with Crippen LogP contribution in [0.25, 0.3) is 0 Å². The minimum atomic E-state index is -0.0919. The number of rotatable bonds is 2. The van der Waals surface area contributed by atoms with Crippen LogP contribution in [0.4, 0.5) is 0 Å². The quantitative estimate of drug-likeness (QED) is 0.566. The molecule has 0 fully saturated rings. The molecule has 0 aliphatic rings. The van der Waals surface area contributed by atoms with E-state index in [-0.39, 0.29) is 5.78 Å². The van der Waals surface area contributed by atoms with Crippen LogP contribution in [-0.4, -0.2) is 5.78 Å². The van der Waals surface area contributed by atoms with E-state index in [0.29, 0.717) is 20.5 Å². The highest BCUT2D eigenvalue weighted by molar-refractivity contribution is 9.11. The molecule has 0 spiro atoms. The molecule has 0 aliphatic carbocycles. The lowest BCUT2D eigenvalue weighted by molar-refractivity contribution is 0.104. The maximum absolute atomic E-state index is 12.2. The Kier molecular flexibility index (Phi) is 4.31. The normalized spacial score (nSPS) is 10.6. The van der Waals surface area contributed by atoms with Gasteiger partial charge in [0.1, 0.15) is 0 Å².